The Bertz CT molecular complexity index is 2140. The third-order valence-corrected chi connectivity index (χ3v) is 12.3. The maximum atomic E-state index is 12.5. The van der Waals surface area contributed by atoms with Crippen LogP contribution in [0.4, 0.5) is 9.59 Å². The van der Waals surface area contributed by atoms with Crippen LogP contribution < -0.4 is 10.6 Å². The van der Waals surface area contributed by atoms with Crippen LogP contribution >= 0.6 is 27.0 Å². The van der Waals surface area contributed by atoms with Gasteiger partial charge in [0.15, 0.2) is 0 Å². The molecule has 4 aliphatic rings. The van der Waals surface area contributed by atoms with Crippen LogP contribution in [0.1, 0.15) is 59.1 Å². The van der Waals surface area contributed by atoms with Crippen LogP contribution in [0.2, 0.25) is 0 Å². The zero-order valence-corrected chi connectivity index (χ0v) is 40.0. The Hall–Kier alpha value is -5.60. The number of nitrogens with one attached hydrogen (secondary N) is 2. The third-order valence-electron chi connectivity index (χ3n) is 12.3. The normalized spacial score (nSPS) is 17.9. The van der Waals surface area contributed by atoms with Crippen molar-refractivity contribution in [3.63, 3.8) is 0 Å². The second-order valence-electron chi connectivity index (χ2n) is 16.7. The zero-order chi connectivity index (χ0) is 44.6. The lowest BCUT2D eigenvalue weighted by Gasteiger charge is -2.36. The molecule has 2 N–H and O–H groups in total. The topological polar surface area (TPSA) is 102 Å². The van der Waals surface area contributed by atoms with Gasteiger partial charge in [0.2, 0.25) is 0 Å². The monoisotopic (exact) mass is 940 g/mol. The fourth-order valence-corrected chi connectivity index (χ4v) is 9.07. The number of ether oxygens (including phenoxy) is 4. The van der Waals surface area contributed by atoms with E-state index in [1.54, 1.807) is 4.90 Å². The molecule has 4 fully saturated rings. The Morgan fingerprint density at radius 1 is 0.493 bits per heavy atom. The van der Waals surface area contributed by atoms with Gasteiger partial charge in [0.25, 0.3) is 0 Å². The van der Waals surface area contributed by atoms with Crippen LogP contribution in [0.15, 0.2) is 182 Å². The van der Waals surface area contributed by atoms with E-state index in [2.05, 4.69) is 88.3 Å². The summed E-state index contributed by atoms with van der Waals surface area (Å²) in [5.74, 6) is 0. The van der Waals surface area contributed by atoms with E-state index < -0.39 is 17.3 Å². The van der Waals surface area contributed by atoms with E-state index in [0.717, 1.165) is 46.5 Å². The SMILES string of the molecule is C1CCNC1.O=C1NC[C@@H](COC(c2ccccc2)(c2ccccc2)c2ccccc2)O1.O=C1O[C@H](COC(c2ccccc2)(c2ccccc2)c2ccccc2)CN1CN1CCCC1.S.S. The molecule has 6 aromatic rings. The molecule has 352 valence electrons. The summed E-state index contributed by atoms with van der Waals surface area (Å²) in [5.41, 5.74) is 4.61. The largest absolute Gasteiger partial charge is 0.442 e. The van der Waals surface area contributed by atoms with E-state index in [0.29, 0.717) is 26.4 Å². The summed E-state index contributed by atoms with van der Waals surface area (Å²) in [7, 11) is 0. The minimum absolute atomic E-state index is 0. The minimum atomic E-state index is -0.807. The lowest BCUT2D eigenvalue weighted by molar-refractivity contribution is -0.0298. The molecule has 0 saturated carbocycles. The van der Waals surface area contributed by atoms with Crippen LogP contribution in [0.25, 0.3) is 0 Å². The van der Waals surface area contributed by atoms with Gasteiger partial charge in [-0.2, -0.15) is 27.0 Å². The van der Waals surface area contributed by atoms with Crippen molar-refractivity contribution in [1.29, 1.82) is 0 Å². The number of carbonyl (C=O) groups excluding carboxylic acids is 2. The van der Waals surface area contributed by atoms with Crippen molar-refractivity contribution in [3.8, 4) is 0 Å². The predicted octanol–water partition coefficient (Wildman–Crippen LogP) is 9.57. The van der Waals surface area contributed by atoms with Crippen molar-refractivity contribution < 1.29 is 28.5 Å². The Kier molecular flexibility index (Phi) is 19.3. The number of alkyl carbamates (subject to hydrolysis) is 1. The molecule has 4 heterocycles. The van der Waals surface area contributed by atoms with Crippen molar-refractivity contribution in [3.05, 3.63) is 215 Å². The van der Waals surface area contributed by atoms with E-state index in [4.69, 9.17) is 18.9 Å². The Morgan fingerprint density at radius 2 is 0.851 bits per heavy atom. The summed E-state index contributed by atoms with van der Waals surface area (Å²) in [5, 5.41) is 5.91. The van der Waals surface area contributed by atoms with Crippen molar-refractivity contribution in [1.82, 2.24) is 20.4 Å². The van der Waals surface area contributed by atoms with Gasteiger partial charge in [0.1, 0.15) is 23.4 Å². The highest BCUT2D eigenvalue weighted by atomic mass is 32.1. The van der Waals surface area contributed by atoms with Gasteiger partial charge in [-0.3, -0.25) is 9.80 Å². The van der Waals surface area contributed by atoms with Crippen molar-refractivity contribution in [2.24, 2.45) is 0 Å². The fourth-order valence-electron chi connectivity index (χ4n) is 9.07. The lowest BCUT2D eigenvalue weighted by Crippen LogP contribution is -2.38. The molecule has 4 saturated heterocycles. The van der Waals surface area contributed by atoms with Gasteiger partial charge in [-0.25, -0.2) is 9.59 Å². The first kappa shape index (κ1) is 50.8. The average molecular weight is 941 g/mol. The molecular formula is C55H64N4O6S2. The molecule has 0 radical (unpaired) electrons. The average Bonchev–Trinajstić information content (AvgIpc) is 4.24. The molecule has 0 aromatic heterocycles. The summed E-state index contributed by atoms with van der Waals surface area (Å²) >= 11 is 0. The van der Waals surface area contributed by atoms with E-state index >= 15 is 0 Å². The summed E-state index contributed by atoms with van der Waals surface area (Å²) < 4.78 is 24.4. The molecule has 67 heavy (non-hydrogen) atoms. The molecule has 0 unspecified atom stereocenters. The van der Waals surface area contributed by atoms with Gasteiger partial charge in [-0.1, -0.05) is 182 Å². The highest BCUT2D eigenvalue weighted by Gasteiger charge is 2.41. The first-order valence-electron chi connectivity index (χ1n) is 23.0. The summed E-state index contributed by atoms with van der Waals surface area (Å²) in [6.45, 7) is 6.82. The van der Waals surface area contributed by atoms with Gasteiger partial charge < -0.3 is 29.6 Å². The van der Waals surface area contributed by atoms with Gasteiger partial charge in [-0.05, 0) is 85.2 Å². The Labute approximate surface area is 409 Å². The molecule has 2 atom stereocenters. The third kappa shape index (κ3) is 12.7. The second-order valence-corrected chi connectivity index (χ2v) is 16.7. The van der Waals surface area contributed by atoms with Gasteiger partial charge in [-0.15, -0.1) is 0 Å². The molecule has 10 rings (SSSR count). The lowest BCUT2D eigenvalue weighted by atomic mass is 9.80. The quantitative estimate of drug-likeness (QED) is 0.104. The first-order valence-corrected chi connectivity index (χ1v) is 23.0. The predicted molar refractivity (Wildman–Crippen MR) is 274 cm³/mol. The van der Waals surface area contributed by atoms with Crippen LogP contribution in [-0.2, 0) is 30.1 Å². The number of carbonyl (C=O) groups is 2. The number of cyclic esters (lactones) is 2. The smallest absolute Gasteiger partial charge is 0.411 e. The summed E-state index contributed by atoms with van der Waals surface area (Å²) in [6.07, 6.45) is 3.91. The summed E-state index contributed by atoms with van der Waals surface area (Å²) in [6, 6.07) is 61.3. The van der Waals surface area contributed by atoms with E-state index in [-0.39, 0.29) is 51.9 Å². The minimum Gasteiger partial charge on any atom is -0.442 e. The van der Waals surface area contributed by atoms with Gasteiger partial charge >= 0.3 is 12.2 Å². The van der Waals surface area contributed by atoms with Crippen molar-refractivity contribution in [2.75, 3.05) is 59.2 Å². The van der Waals surface area contributed by atoms with Crippen molar-refractivity contribution in [2.45, 2.75) is 49.1 Å². The molecular weight excluding hydrogens is 877 g/mol. The van der Waals surface area contributed by atoms with E-state index in [1.165, 1.54) is 38.8 Å². The van der Waals surface area contributed by atoms with Gasteiger partial charge in [0, 0.05) is 0 Å². The maximum absolute atomic E-state index is 12.5. The Balaban J connectivity index is 0.000000197. The highest BCUT2D eigenvalue weighted by molar-refractivity contribution is 7.59. The van der Waals surface area contributed by atoms with E-state index in [1.807, 2.05) is 109 Å². The number of nitrogens with zero attached hydrogens (tertiary/aromatic N) is 2. The number of hydrogen-bond acceptors (Lipinski definition) is 8. The molecule has 10 nitrogen and oxygen atoms in total. The van der Waals surface area contributed by atoms with Crippen LogP contribution in [0.3, 0.4) is 0 Å². The molecule has 4 aliphatic heterocycles. The number of hydrogen-bond donors (Lipinski definition) is 2. The number of benzene rings is 6. The molecule has 0 bridgehead atoms. The molecule has 12 heteroatoms. The van der Waals surface area contributed by atoms with Crippen LogP contribution in [0, 0.1) is 0 Å². The fraction of sp³-hybridized carbons (Fsp3) is 0.309. The number of likely N-dealkylation sites (tertiary alicyclic amines) is 1. The first-order chi connectivity index (χ1) is 32.0. The molecule has 6 aromatic carbocycles. The number of amides is 2. The molecule has 2 amide bonds. The molecule has 0 aliphatic carbocycles. The zero-order valence-electron chi connectivity index (χ0n) is 38.0. The van der Waals surface area contributed by atoms with E-state index in [9.17, 15) is 9.59 Å². The standard InChI is InChI=1S/C28H30N2O3.C23H21NO3.C4H9N.2H2S/c31-27-30(22-29-18-10-11-19-29)20-26(33-27)21-32-28(23-12-4-1-5-13-23,24-14-6-2-7-15-24)25-16-8-3-9-17-25;25-22-24-16-21(27-22)17-26-23(18-10-4-1-5-11-18,19-12-6-2-7-13-19)20-14-8-3-9-15-20;1-2-4-5-3-1;;/h1-9,12-17,26H,10-11,18-22H2;1-15,21H,16-17H2,(H,24,25);5H,1-4H2;2*1H2/t26-;21-;;;/m00.../s1. The molecule has 0 spiro atoms. The van der Waals surface area contributed by atoms with Crippen molar-refractivity contribution >= 4 is 39.2 Å². The number of rotatable bonds is 14. The highest BCUT2D eigenvalue weighted by Crippen LogP contribution is 2.42. The van der Waals surface area contributed by atoms with Crippen LogP contribution in [0.5, 0.6) is 0 Å². The van der Waals surface area contributed by atoms with Crippen LogP contribution in [-0.4, -0.2) is 93.3 Å². The second kappa shape index (κ2) is 25.5. The maximum Gasteiger partial charge on any atom is 0.411 e. The van der Waals surface area contributed by atoms with Gasteiger partial charge in [0.05, 0.1) is 33.0 Å². The Morgan fingerprint density at radius 3 is 1.16 bits per heavy atom. The summed E-state index contributed by atoms with van der Waals surface area (Å²) in [4.78, 5) is 28.0.